The van der Waals surface area contributed by atoms with Gasteiger partial charge in [0, 0.05) is 11.3 Å². The molecule has 0 aromatic heterocycles. The standard InChI is InChI=1S/C22H24N2O4S/c1-5-28-22(25)18-7-6-8-19(13-18)23-21-15(4)20(29(26,27)24-21)17-11-9-16(10-12-17)14(2)3/h6-14H,5H2,1-4H3,(H,23,24). The highest BCUT2D eigenvalue weighted by Gasteiger charge is 2.31. The van der Waals surface area contributed by atoms with Crippen LogP contribution in [0.3, 0.4) is 0 Å². The molecule has 0 bridgehead atoms. The lowest BCUT2D eigenvalue weighted by atomic mass is 10.0. The van der Waals surface area contributed by atoms with Crippen molar-refractivity contribution in [2.75, 3.05) is 11.9 Å². The maximum atomic E-state index is 12.7. The summed E-state index contributed by atoms with van der Waals surface area (Å²) in [5.41, 5.74) is 3.21. The Morgan fingerprint density at radius 3 is 2.45 bits per heavy atom. The van der Waals surface area contributed by atoms with Gasteiger partial charge < -0.3 is 10.1 Å². The van der Waals surface area contributed by atoms with Gasteiger partial charge >= 0.3 is 5.97 Å². The minimum Gasteiger partial charge on any atom is -0.462 e. The Kier molecular flexibility index (Phi) is 5.88. The van der Waals surface area contributed by atoms with Gasteiger partial charge in [-0.15, -0.1) is 4.40 Å². The number of anilines is 1. The molecular formula is C22H24N2O4S. The van der Waals surface area contributed by atoms with Crippen LogP contribution in [0.5, 0.6) is 0 Å². The number of carbonyl (C=O) groups excluding carboxylic acids is 1. The minimum absolute atomic E-state index is 0.192. The number of nitrogens with one attached hydrogen (secondary N) is 1. The summed E-state index contributed by atoms with van der Waals surface area (Å²) in [6.45, 7) is 7.91. The summed E-state index contributed by atoms with van der Waals surface area (Å²) in [7, 11) is -3.81. The molecule has 1 N–H and O–H groups in total. The van der Waals surface area contributed by atoms with E-state index in [2.05, 4.69) is 23.6 Å². The largest absolute Gasteiger partial charge is 0.462 e. The van der Waals surface area contributed by atoms with E-state index in [1.807, 2.05) is 24.3 Å². The van der Waals surface area contributed by atoms with E-state index in [0.29, 0.717) is 28.3 Å². The molecule has 0 unspecified atom stereocenters. The second-order valence-electron chi connectivity index (χ2n) is 7.07. The van der Waals surface area contributed by atoms with Gasteiger partial charge in [-0.1, -0.05) is 44.2 Å². The number of esters is 1. The van der Waals surface area contributed by atoms with Crippen molar-refractivity contribution < 1.29 is 17.9 Å². The third-order valence-corrected chi connectivity index (χ3v) is 6.12. The summed E-state index contributed by atoms with van der Waals surface area (Å²) in [6, 6.07) is 14.2. The van der Waals surface area contributed by atoms with E-state index in [4.69, 9.17) is 4.74 Å². The monoisotopic (exact) mass is 412 g/mol. The number of hydrogen-bond donors (Lipinski definition) is 1. The summed E-state index contributed by atoms with van der Waals surface area (Å²) in [5.74, 6) is 0.170. The van der Waals surface area contributed by atoms with Crippen LogP contribution in [0, 0.1) is 0 Å². The number of benzene rings is 2. The zero-order valence-electron chi connectivity index (χ0n) is 16.9. The topological polar surface area (TPSA) is 84.8 Å². The Morgan fingerprint density at radius 2 is 1.83 bits per heavy atom. The van der Waals surface area contributed by atoms with Crippen molar-refractivity contribution >= 4 is 32.4 Å². The first-order valence-electron chi connectivity index (χ1n) is 9.43. The van der Waals surface area contributed by atoms with Crippen LogP contribution in [0.2, 0.25) is 0 Å². The Bertz CT molecular complexity index is 1100. The molecule has 0 fully saturated rings. The number of carbonyl (C=O) groups is 1. The number of amidine groups is 1. The maximum absolute atomic E-state index is 12.7. The number of rotatable bonds is 5. The SMILES string of the molecule is CCOC(=O)c1cccc(NC2=NS(=O)(=O)C(c3ccc(C(C)C)cc3)=C2C)c1. The van der Waals surface area contributed by atoms with Crippen LogP contribution >= 0.6 is 0 Å². The summed E-state index contributed by atoms with van der Waals surface area (Å²) < 4.78 is 34.3. The van der Waals surface area contributed by atoms with Crippen molar-refractivity contribution in [2.45, 2.75) is 33.6 Å². The van der Waals surface area contributed by atoms with Crippen LogP contribution < -0.4 is 5.32 Å². The van der Waals surface area contributed by atoms with Crippen LogP contribution in [-0.4, -0.2) is 26.8 Å². The zero-order valence-corrected chi connectivity index (χ0v) is 17.7. The Hall–Kier alpha value is -2.93. The van der Waals surface area contributed by atoms with E-state index in [0.717, 1.165) is 5.56 Å². The van der Waals surface area contributed by atoms with E-state index in [1.165, 1.54) is 0 Å². The third-order valence-electron chi connectivity index (χ3n) is 4.64. The van der Waals surface area contributed by atoms with E-state index in [1.54, 1.807) is 38.1 Å². The van der Waals surface area contributed by atoms with Crippen molar-refractivity contribution in [3.05, 3.63) is 70.8 Å². The zero-order chi connectivity index (χ0) is 21.2. The quantitative estimate of drug-likeness (QED) is 0.727. The number of ether oxygens (including phenoxy) is 1. The van der Waals surface area contributed by atoms with Crippen LogP contribution in [0.4, 0.5) is 5.69 Å². The predicted molar refractivity (Wildman–Crippen MR) is 116 cm³/mol. The lowest BCUT2D eigenvalue weighted by Crippen LogP contribution is -2.12. The van der Waals surface area contributed by atoms with Crippen molar-refractivity contribution in [1.82, 2.24) is 0 Å². The number of hydrogen-bond acceptors (Lipinski definition) is 5. The Morgan fingerprint density at radius 1 is 1.14 bits per heavy atom. The fraction of sp³-hybridized carbons (Fsp3) is 0.273. The summed E-state index contributed by atoms with van der Waals surface area (Å²) in [4.78, 5) is 12.1. The van der Waals surface area contributed by atoms with Crippen molar-refractivity contribution in [1.29, 1.82) is 0 Å². The molecule has 7 heteroatoms. The normalized spacial score (nSPS) is 15.4. The minimum atomic E-state index is -3.81. The molecule has 2 aromatic carbocycles. The second-order valence-corrected chi connectivity index (χ2v) is 8.61. The van der Waals surface area contributed by atoms with Gasteiger partial charge in [0.1, 0.15) is 10.7 Å². The first-order valence-corrected chi connectivity index (χ1v) is 10.9. The van der Waals surface area contributed by atoms with Gasteiger partial charge in [0.05, 0.1) is 12.2 Å². The van der Waals surface area contributed by atoms with Gasteiger partial charge in [0.25, 0.3) is 10.0 Å². The smallest absolute Gasteiger partial charge is 0.338 e. The molecule has 0 saturated carbocycles. The third kappa shape index (κ3) is 4.40. The molecule has 0 atom stereocenters. The Labute approximate surface area is 171 Å². The van der Waals surface area contributed by atoms with Gasteiger partial charge in [-0.25, -0.2) is 4.79 Å². The fourth-order valence-corrected chi connectivity index (χ4v) is 4.54. The summed E-state index contributed by atoms with van der Waals surface area (Å²) in [5, 5.41) is 3.02. The molecule has 152 valence electrons. The number of nitrogens with zero attached hydrogens (tertiary/aromatic N) is 1. The highest BCUT2D eigenvalue weighted by atomic mass is 32.2. The highest BCUT2D eigenvalue weighted by molar-refractivity contribution is 8.00. The molecule has 0 spiro atoms. The predicted octanol–water partition coefficient (Wildman–Crippen LogP) is 4.57. The van der Waals surface area contributed by atoms with Gasteiger partial charge in [-0.2, -0.15) is 8.42 Å². The molecule has 1 aliphatic heterocycles. The first kappa shape index (κ1) is 20.8. The molecular weight excluding hydrogens is 388 g/mol. The van der Waals surface area contributed by atoms with Gasteiger partial charge in [-0.05, 0) is 49.1 Å². The summed E-state index contributed by atoms with van der Waals surface area (Å²) in [6.07, 6.45) is 0. The van der Waals surface area contributed by atoms with Crippen LogP contribution in [0.15, 0.2) is 58.5 Å². The van der Waals surface area contributed by atoms with Gasteiger partial charge in [0.2, 0.25) is 0 Å². The fourth-order valence-electron chi connectivity index (χ4n) is 3.11. The first-order chi connectivity index (χ1) is 13.7. The average molecular weight is 413 g/mol. The van der Waals surface area contributed by atoms with Crippen LogP contribution in [-0.2, 0) is 14.8 Å². The molecule has 0 saturated heterocycles. The summed E-state index contributed by atoms with van der Waals surface area (Å²) >= 11 is 0. The molecule has 1 heterocycles. The van der Waals surface area contributed by atoms with Crippen molar-refractivity contribution in [3.63, 3.8) is 0 Å². The van der Waals surface area contributed by atoms with E-state index >= 15 is 0 Å². The molecule has 2 aromatic rings. The van der Waals surface area contributed by atoms with Crippen molar-refractivity contribution in [3.8, 4) is 0 Å². The lowest BCUT2D eigenvalue weighted by molar-refractivity contribution is 0.0526. The Balaban J connectivity index is 1.92. The number of sulfonamides is 1. The van der Waals surface area contributed by atoms with Crippen molar-refractivity contribution in [2.24, 2.45) is 4.40 Å². The second kappa shape index (κ2) is 8.21. The lowest BCUT2D eigenvalue weighted by Gasteiger charge is -2.09. The molecule has 0 radical (unpaired) electrons. The van der Waals surface area contributed by atoms with E-state index < -0.39 is 16.0 Å². The van der Waals surface area contributed by atoms with Gasteiger partial charge in [-0.3, -0.25) is 0 Å². The average Bonchev–Trinajstić information content (AvgIpc) is 2.90. The molecule has 3 rings (SSSR count). The van der Waals surface area contributed by atoms with E-state index in [9.17, 15) is 13.2 Å². The molecule has 29 heavy (non-hydrogen) atoms. The maximum Gasteiger partial charge on any atom is 0.338 e. The van der Waals surface area contributed by atoms with Crippen LogP contribution in [0.25, 0.3) is 4.91 Å². The highest BCUT2D eigenvalue weighted by Crippen LogP contribution is 2.33. The molecule has 1 aliphatic rings. The van der Waals surface area contributed by atoms with Crippen LogP contribution in [0.1, 0.15) is 55.1 Å². The molecule has 0 amide bonds. The van der Waals surface area contributed by atoms with Gasteiger partial charge in [0.15, 0.2) is 0 Å². The molecule has 6 nitrogen and oxygen atoms in total. The van der Waals surface area contributed by atoms with E-state index in [-0.39, 0.29) is 17.3 Å². The molecule has 0 aliphatic carbocycles.